The second kappa shape index (κ2) is 6.92. The summed E-state index contributed by atoms with van der Waals surface area (Å²) in [5.74, 6) is 0.774. The number of amides is 1. The zero-order valence-corrected chi connectivity index (χ0v) is 12.6. The van der Waals surface area contributed by atoms with Gasteiger partial charge in [0.25, 0.3) is 0 Å². The van der Waals surface area contributed by atoms with Gasteiger partial charge in [0.05, 0.1) is 25.3 Å². The van der Waals surface area contributed by atoms with Crippen molar-refractivity contribution >= 4 is 5.91 Å². The molecule has 0 radical (unpaired) electrons. The van der Waals surface area contributed by atoms with Crippen LogP contribution in [-0.4, -0.2) is 22.7 Å². The van der Waals surface area contributed by atoms with Gasteiger partial charge in [0.2, 0.25) is 5.91 Å². The monoisotopic (exact) mass is 287 g/mol. The Kier molecular flexibility index (Phi) is 4.98. The molecule has 0 spiro atoms. The quantitative estimate of drug-likeness (QED) is 0.858. The average molecular weight is 287 g/mol. The zero-order chi connectivity index (χ0) is 15.2. The van der Waals surface area contributed by atoms with E-state index >= 15 is 0 Å². The Bertz CT molecular complexity index is 573. The molecule has 2 aromatic rings. The largest absolute Gasteiger partial charge is 0.493 e. The molecule has 1 atom stereocenters. The summed E-state index contributed by atoms with van der Waals surface area (Å²) in [4.78, 5) is 11.9. The number of hydrogen-bond donors (Lipinski definition) is 2. The molecular weight excluding hydrogens is 266 g/mol. The fourth-order valence-corrected chi connectivity index (χ4v) is 2.17. The number of ether oxygens (including phenoxy) is 1. The van der Waals surface area contributed by atoms with Crippen molar-refractivity contribution in [3.05, 3.63) is 47.3 Å². The van der Waals surface area contributed by atoms with E-state index in [0.29, 0.717) is 13.0 Å². The van der Waals surface area contributed by atoms with Gasteiger partial charge in [0.1, 0.15) is 5.75 Å². The maximum atomic E-state index is 11.9. The van der Waals surface area contributed by atoms with Crippen molar-refractivity contribution in [2.45, 2.75) is 33.2 Å². The Morgan fingerprint density at radius 1 is 1.33 bits per heavy atom. The molecule has 0 saturated carbocycles. The first-order valence-electron chi connectivity index (χ1n) is 7.04. The lowest BCUT2D eigenvalue weighted by molar-refractivity contribution is -0.122. The molecule has 0 saturated heterocycles. The van der Waals surface area contributed by atoms with E-state index in [2.05, 4.69) is 21.6 Å². The van der Waals surface area contributed by atoms with Gasteiger partial charge in [-0.15, -0.1) is 0 Å². The number of hydrogen-bond acceptors (Lipinski definition) is 3. The standard InChI is InChI=1S/C16H21N3O2/c1-11-6-12(2)8-15(7-11)21-5-4-16(20)19-13(3)14-9-17-18-10-14/h6-10,13H,4-5H2,1-3H3,(H,17,18)(H,19,20). The first-order valence-corrected chi connectivity index (χ1v) is 7.04. The number of benzene rings is 1. The second-order valence-electron chi connectivity index (χ2n) is 5.24. The number of nitrogens with one attached hydrogen (secondary N) is 2. The van der Waals surface area contributed by atoms with Crippen molar-refractivity contribution < 1.29 is 9.53 Å². The minimum Gasteiger partial charge on any atom is -0.493 e. The van der Waals surface area contributed by atoms with Crippen molar-refractivity contribution in [2.75, 3.05) is 6.61 Å². The summed E-state index contributed by atoms with van der Waals surface area (Å²) in [7, 11) is 0. The summed E-state index contributed by atoms with van der Waals surface area (Å²) >= 11 is 0. The van der Waals surface area contributed by atoms with Crippen LogP contribution in [0.3, 0.4) is 0 Å². The number of carbonyl (C=O) groups excluding carboxylic acids is 1. The van der Waals surface area contributed by atoms with Crippen LogP contribution in [0.2, 0.25) is 0 Å². The smallest absolute Gasteiger partial charge is 0.223 e. The average Bonchev–Trinajstić information content (AvgIpc) is 2.91. The van der Waals surface area contributed by atoms with Crippen LogP contribution in [0.15, 0.2) is 30.6 Å². The maximum absolute atomic E-state index is 11.9. The van der Waals surface area contributed by atoms with Crippen molar-refractivity contribution in [3.8, 4) is 5.75 Å². The lowest BCUT2D eigenvalue weighted by Crippen LogP contribution is -2.27. The Labute approximate surface area is 124 Å². The number of rotatable bonds is 6. The zero-order valence-electron chi connectivity index (χ0n) is 12.6. The third-order valence-corrected chi connectivity index (χ3v) is 3.19. The molecule has 1 aromatic carbocycles. The van der Waals surface area contributed by atoms with Crippen molar-refractivity contribution in [1.82, 2.24) is 15.5 Å². The van der Waals surface area contributed by atoms with Crippen LogP contribution >= 0.6 is 0 Å². The number of aryl methyl sites for hydroxylation is 2. The molecule has 0 aliphatic carbocycles. The normalized spacial score (nSPS) is 12.0. The molecule has 5 nitrogen and oxygen atoms in total. The van der Waals surface area contributed by atoms with Gasteiger partial charge in [-0.2, -0.15) is 5.10 Å². The molecule has 1 unspecified atom stereocenters. The maximum Gasteiger partial charge on any atom is 0.223 e. The van der Waals surface area contributed by atoms with Crippen LogP contribution in [0.1, 0.15) is 36.1 Å². The van der Waals surface area contributed by atoms with Crippen molar-refractivity contribution in [3.63, 3.8) is 0 Å². The highest BCUT2D eigenvalue weighted by atomic mass is 16.5. The fourth-order valence-electron chi connectivity index (χ4n) is 2.17. The van der Waals surface area contributed by atoms with Crippen LogP contribution in [0.5, 0.6) is 5.75 Å². The summed E-state index contributed by atoms with van der Waals surface area (Å²) in [5, 5.41) is 9.51. The summed E-state index contributed by atoms with van der Waals surface area (Å²) in [6.45, 7) is 6.35. The van der Waals surface area contributed by atoms with E-state index < -0.39 is 0 Å². The highest BCUT2D eigenvalue weighted by Crippen LogP contribution is 2.16. The lowest BCUT2D eigenvalue weighted by atomic mass is 10.1. The molecule has 21 heavy (non-hydrogen) atoms. The first-order chi connectivity index (χ1) is 10.0. The Morgan fingerprint density at radius 2 is 2.05 bits per heavy atom. The summed E-state index contributed by atoms with van der Waals surface area (Å²) in [6.07, 6.45) is 3.81. The summed E-state index contributed by atoms with van der Waals surface area (Å²) in [5.41, 5.74) is 3.27. The van der Waals surface area contributed by atoms with Crippen molar-refractivity contribution in [2.24, 2.45) is 0 Å². The van der Waals surface area contributed by atoms with E-state index in [1.165, 1.54) is 0 Å². The highest BCUT2D eigenvalue weighted by Gasteiger charge is 2.10. The Morgan fingerprint density at radius 3 is 2.67 bits per heavy atom. The van der Waals surface area contributed by atoms with Crippen LogP contribution in [0.25, 0.3) is 0 Å². The molecule has 112 valence electrons. The van der Waals surface area contributed by atoms with E-state index in [1.807, 2.05) is 32.9 Å². The lowest BCUT2D eigenvalue weighted by Gasteiger charge is -2.12. The molecule has 0 aliphatic heterocycles. The van der Waals surface area contributed by atoms with Gasteiger partial charge in [-0.25, -0.2) is 0 Å². The minimum atomic E-state index is -0.0579. The van der Waals surface area contributed by atoms with Gasteiger partial charge < -0.3 is 10.1 Å². The minimum absolute atomic E-state index is 0.0342. The Balaban J connectivity index is 1.76. The van der Waals surface area contributed by atoms with E-state index in [1.54, 1.807) is 12.4 Å². The van der Waals surface area contributed by atoms with Gasteiger partial charge in [-0.3, -0.25) is 9.89 Å². The highest BCUT2D eigenvalue weighted by molar-refractivity contribution is 5.76. The van der Waals surface area contributed by atoms with Crippen LogP contribution in [-0.2, 0) is 4.79 Å². The molecule has 2 rings (SSSR count). The Hall–Kier alpha value is -2.30. The molecule has 2 N–H and O–H groups in total. The van der Waals surface area contributed by atoms with Gasteiger partial charge in [0.15, 0.2) is 0 Å². The van der Waals surface area contributed by atoms with E-state index in [9.17, 15) is 4.79 Å². The van der Waals surface area contributed by atoms with Crippen LogP contribution in [0.4, 0.5) is 0 Å². The molecule has 1 aromatic heterocycles. The predicted octanol–water partition coefficient (Wildman–Crippen LogP) is 2.67. The third-order valence-electron chi connectivity index (χ3n) is 3.19. The second-order valence-corrected chi connectivity index (χ2v) is 5.24. The molecule has 0 aliphatic rings. The number of H-pyrrole nitrogens is 1. The molecular formula is C16H21N3O2. The van der Waals surface area contributed by atoms with E-state index in [-0.39, 0.29) is 11.9 Å². The van der Waals surface area contributed by atoms with Gasteiger partial charge in [-0.05, 0) is 44.0 Å². The topological polar surface area (TPSA) is 67.0 Å². The SMILES string of the molecule is Cc1cc(C)cc(OCCC(=O)NC(C)c2cn[nH]c2)c1. The first kappa shape index (κ1) is 15.1. The van der Waals surface area contributed by atoms with Gasteiger partial charge in [0, 0.05) is 11.8 Å². The molecule has 1 heterocycles. The molecule has 5 heteroatoms. The molecule has 1 amide bonds. The number of carbonyl (C=O) groups is 1. The van der Waals surface area contributed by atoms with E-state index in [4.69, 9.17) is 4.74 Å². The molecule has 0 bridgehead atoms. The number of aromatic nitrogens is 2. The van der Waals surface area contributed by atoms with Crippen LogP contribution in [0, 0.1) is 13.8 Å². The number of aromatic amines is 1. The third kappa shape index (κ3) is 4.63. The van der Waals surface area contributed by atoms with Gasteiger partial charge in [-0.1, -0.05) is 6.07 Å². The fraction of sp³-hybridized carbons (Fsp3) is 0.375. The summed E-state index contributed by atoms with van der Waals surface area (Å²) < 4.78 is 5.63. The van der Waals surface area contributed by atoms with Crippen LogP contribution < -0.4 is 10.1 Å². The van der Waals surface area contributed by atoms with E-state index in [0.717, 1.165) is 22.4 Å². The summed E-state index contributed by atoms with van der Waals surface area (Å²) in [6, 6.07) is 5.97. The number of nitrogens with zero attached hydrogens (tertiary/aromatic N) is 1. The van der Waals surface area contributed by atoms with Crippen molar-refractivity contribution in [1.29, 1.82) is 0 Å². The molecule has 0 fully saturated rings. The van der Waals surface area contributed by atoms with Gasteiger partial charge >= 0.3 is 0 Å². The predicted molar refractivity (Wildman–Crippen MR) is 81.2 cm³/mol.